The molecule has 0 aliphatic rings. The van der Waals surface area contributed by atoms with E-state index in [1.165, 1.54) is 22.3 Å². The summed E-state index contributed by atoms with van der Waals surface area (Å²) in [5.74, 6) is 0. The van der Waals surface area contributed by atoms with Crippen LogP contribution in [0.15, 0.2) is 40.9 Å². The van der Waals surface area contributed by atoms with Gasteiger partial charge in [0.1, 0.15) is 0 Å². The van der Waals surface area contributed by atoms with Crippen LogP contribution in [-0.4, -0.2) is 7.05 Å². The Morgan fingerprint density at radius 3 is 2.55 bits per heavy atom. The molecule has 0 aliphatic carbocycles. The molecule has 1 atom stereocenters. The van der Waals surface area contributed by atoms with Crippen molar-refractivity contribution < 1.29 is 0 Å². The van der Waals surface area contributed by atoms with E-state index in [0.717, 1.165) is 15.9 Å². The van der Waals surface area contributed by atoms with E-state index in [4.69, 9.17) is 11.6 Å². The molecule has 0 saturated carbocycles. The third kappa shape index (κ3) is 3.85. The Morgan fingerprint density at radius 1 is 1.15 bits per heavy atom. The number of nitrogens with one attached hydrogen (secondary N) is 1. The molecule has 3 heteroatoms. The topological polar surface area (TPSA) is 12.0 Å². The lowest BCUT2D eigenvalue weighted by Crippen LogP contribution is -2.19. The molecule has 0 saturated heterocycles. The van der Waals surface area contributed by atoms with E-state index in [1.54, 1.807) is 0 Å². The number of benzene rings is 2. The molecule has 1 N–H and O–H groups in total. The van der Waals surface area contributed by atoms with Gasteiger partial charge in [0.15, 0.2) is 0 Å². The predicted octanol–water partition coefficient (Wildman–Crippen LogP) is 5.22. The van der Waals surface area contributed by atoms with Gasteiger partial charge in [0.2, 0.25) is 0 Å². The molecule has 0 aromatic heterocycles. The van der Waals surface area contributed by atoms with Crippen molar-refractivity contribution in [2.24, 2.45) is 0 Å². The Morgan fingerprint density at radius 2 is 1.90 bits per heavy atom. The number of likely N-dealkylation sites (N-methyl/N-ethyl adjacent to an activating group) is 1. The summed E-state index contributed by atoms with van der Waals surface area (Å²) in [5.41, 5.74) is 5.21. The van der Waals surface area contributed by atoms with Crippen molar-refractivity contribution in [3.63, 3.8) is 0 Å². The molecule has 2 aromatic rings. The lowest BCUT2D eigenvalue weighted by Gasteiger charge is -2.19. The van der Waals surface area contributed by atoms with Crippen molar-refractivity contribution in [3.05, 3.63) is 68.1 Å². The van der Waals surface area contributed by atoms with Crippen LogP contribution >= 0.6 is 27.5 Å². The predicted molar refractivity (Wildman–Crippen MR) is 90.6 cm³/mol. The van der Waals surface area contributed by atoms with Gasteiger partial charge in [0.25, 0.3) is 0 Å². The Hall–Kier alpha value is -0.830. The first-order valence-corrected chi connectivity index (χ1v) is 7.86. The third-order valence-electron chi connectivity index (χ3n) is 3.56. The van der Waals surface area contributed by atoms with E-state index in [-0.39, 0.29) is 6.04 Å². The number of hydrogen-bond acceptors (Lipinski definition) is 1. The van der Waals surface area contributed by atoms with E-state index in [9.17, 15) is 0 Å². The summed E-state index contributed by atoms with van der Waals surface area (Å²) in [6.07, 6.45) is 0.955. The van der Waals surface area contributed by atoms with Crippen LogP contribution in [0, 0.1) is 13.8 Å². The average molecular weight is 353 g/mol. The summed E-state index contributed by atoms with van der Waals surface area (Å²) < 4.78 is 1.02. The lowest BCUT2D eigenvalue weighted by atomic mass is 9.95. The number of hydrogen-bond donors (Lipinski definition) is 1. The molecule has 0 radical (unpaired) electrons. The van der Waals surface area contributed by atoms with Gasteiger partial charge < -0.3 is 5.32 Å². The molecule has 2 aromatic carbocycles. The fraction of sp³-hybridized carbons (Fsp3) is 0.294. The van der Waals surface area contributed by atoms with Crippen LogP contribution in [0.25, 0.3) is 0 Å². The van der Waals surface area contributed by atoms with E-state index in [0.29, 0.717) is 0 Å². The van der Waals surface area contributed by atoms with Gasteiger partial charge in [-0.15, -0.1) is 0 Å². The molecule has 0 fully saturated rings. The fourth-order valence-electron chi connectivity index (χ4n) is 2.40. The van der Waals surface area contributed by atoms with E-state index < -0.39 is 0 Å². The molecule has 2 rings (SSSR count). The lowest BCUT2D eigenvalue weighted by molar-refractivity contribution is 0.590. The summed E-state index contributed by atoms with van der Waals surface area (Å²) in [4.78, 5) is 0. The summed E-state index contributed by atoms with van der Waals surface area (Å²) >= 11 is 9.66. The van der Waals surface area contributed by atoms with Crippen LogP contribution < -0.4 is 5.32 Å². The van der Waals surface area contributed by atoms with Gasteiger partial charge in [-0.05, 0) is 62.2 Å². The van der Waals surface area contributed by atoms with Crippen molar-refractivity contribution in [1.29, 1.82) is 0 Å². The quantitative estimate of drug-likeness (QED) is 0.795. The van der Waals surface area contributed by atoms with Crippen molar-refractivity contribution in [1.82, 2.24) is 5.32 Å². The van der Waals surface area contributed by atoms with Crippen LogP contribution in [0.3, 0.4) is 0 Å². The maximum Gasteiger partial charge on any atom is 0.0420 e. The molecule has 1 unspecified atom stereocenters. The summed E-state index contributed by atoms with van der Waals surface area (Å²) in [5, 5.41) is 4.15. The van der Waals surface area contributed by atoms with Crippen molar-refractivity contribution in [2.45, 2.75) is 26.3 Å². The molecular weight excluding hydrogens is 334 g/mol. The minimum Gasteiger partial charge on any atom is -0.313 e. The second-order valence-electron chi connectivity index (χ2n) is 5.18. The van der Waals surface area contributed by atoms with Crippen LogP contribution in [0.1, 0.15) is 28.3 Å². The normalized spacial score (nSPS) is 12.4. The minimum absolute atomic E-state index is 0.255. The standard InChI is InChI=1S/C17H19BrClN/c1-11-4-5-12(2)13(6-11)9-17(20-3)14-7-15(18)10-16(19)8-14/h4-8,10,17,20H,9H2,1-3H3. The van der Waals surface area contributed by atoms with Gasteiger partial charge in [-0.2, -0.15) is 0 Å². The highest BCUT2D eigenvalue weighted by Gasteiger charge is 2.13. The van der Waals surface area contributed by atoms with Gasteiger partial charge >= 0.3 is 0 Å². The minimum atomic E-state index is 0.255. The van der Waals surface area contributed by atoms with Crippen LogP contribution in [0.2, 0.25) is 5.02 Å². The van der Waals surface area contributed by atoms with Gasteiger partial charge in [-0.1, -0.05) is 51.3 Å². The van der Waals surface area contributed by atoms with Crippen LogP contribution in [-0.2, 0) is 6.42 Å². The summed E-state index contributed by atoms with van der Waals surface area (Å²) in [6.45, 7) is 4.29. The maximum absolute atomic E-state index is 6.15. The molecule has 0 spiro atoms. The third-order valence-corrected chi connectivity index (χ3v) is 4.24. The Labute approximate surface area is 134 Å². The van der Waals surface area contributed by atoms with E-state index in [1.807, 2.05) is 19.2 Å². The largest absolute Gasteiger partial charge is 0.313 e. The van der Waals surface area contributed by atoms with E-state index in [2.05, 4.69) is 59.4 Å². The highest BCUT2D eigenvalue weighted by molar-refractivity contribution is 9.10. The van der Waals surface area contributed by atoms with Gasteiger partial charge in [-0.3, -0.25) is 0 Å². The molecule has 106 valence electrons. The molecule has 0 amide bonds. The molecule has 0 bridgehead atoms. The zero-order valence-corrected chi connectivity index (χ0v) is 14.3. The molecule has 1 nitrogen and oxygen atoms in total. The van der Waals surface area contributed by atoms with Crippen LogP contribution in [0.5, 0.6) is 0 Å². The second kappa shape index (κ2) is 6.75. The first-order valence-electron chi connectivity index (χ1n) is 6.69. The average Bonchev–Trinajstić information content (AvgIpc) is 2.38. The Balaban J connectivity index is 2.30. The monoisotopic (exact) mass is 351 g/mol. The summed E-state index contributed by atoms with van der Waals surface area (Å²) in [7, 11) is 1.99. The molecule has 20 heavy (non-hydrogen) atoms. The molecular formula is C17H19BrClN. The zero-order valence-electron chi connectivity index (χ0n) is 12.0. The highest BCUT2D eigenvalue weighted by atomic mass is 79.9. The smallest absolute Gasteiger partial charge is 0.0420 e. The SMILES string of the molecule is CNC(Cc1cc(C)ccc1C)c1cc(Cl)cc(Br)c1. The second-order valence-corrected chi connectivity index (χ2v) is 6.53. The van der Waals surface area contributed by atoms with Crippen LogP contribution in [0.4, 0.5) is 0 Å². The van der Waals surface area contributed by atoms with E-state index >= 15 is 0 Å². The first-order chi connectivity index (χ1) is 9.49. The molecule has 0 heterocycles. The van der Waals surface area contributed by atoms with Crippen molar-refractivity contribution in [2.75, 3.05) is 7.05 Å². The van der Waals surface area contributed by atoms with Crippen molar-refractivity contribution >= 4 is 27.5 Å². The van der Waals surface area contributed by atoms with Gasteiger partial charge in [-0.25, -0.2) is 0 Å². The number of aryl methyl sites for hydroxylation is 2. The highest BCUT2D eigenvalue weighted by Crippen LogP contribution is 2.27. The first kappa shape index (κ1) is 15.6. The Kier molecular flexibility index (Phi) is 5.25. The maximum atomic E-state index is 6.15. The van der Waals surface area contributed by atoms with Gasteiger partial charge in [0, 0.05) is 15.5 Å². The summed E-state index contributed by atoms with van der Waals surface area (Å²) in [6, 6.07) is 12.9. The molecule has 0 aliphatic heterocycles. The number of halogens is 2. The Bertz CT molecular complexity index is 590. The zero-order chi connectivity index (χ0) is 14.7. The number of rotatable bonds is 4. The van der Waals surface area contributed by atoms with Gasteiger partial charge in [0.05, 0.1) is 0 Å². The van der Waals surface area contributed by atoms with Crippen molar-refractivity contribution in [3.8, 4) is 0 Å². The fourth-order valence-corrected chi connectivity index (χ4v) is 3.29.